The Morgan fingerprint density at radius 2 is 1.95 bits per heavy atom. The summed E-state index contributed by atoms with van der Waals surface area (Å²) in [6, 6.07) is 5.08. The molecule has 1 saturated heterocycles. The summed E-state index contributed by atoms with van der Waals surface area (Å²) < 4.78 is 19.7. The summed E-state index contributed by atoms with van der Waals surface area (Å²) in [5.74, 6) is 0.839. The van der Waals surface area contributed by atoms with E-state index in [1.54, 1.807) is 57.8 Å². The second-order valence-electron chi connectivity index (χ2n) is 12.4. The van der Waals surface area contributed by atoms with Gasteiger partial charge in [-0.3, -0.25) is 14.5 Å². The molecule has 4 heterocycles. The summed E-state index contributed by atoms with van der Waals surface area (Å²) in [6.07, 6.45) is 3.39. The van der Waals surface area contributed by atoms with Gasteiger partial charge in [0.25, 0.3) is 11.5 Å². The number of aromatic nitrogens is 4. The largest absolute Gasteiger partial charge is 0.443 e. The second kappa shape index (κ2) is 10.4. The zero-order valence-corrected chi connectivity index (χ0v) is 24.7. The number of carbonyl (C=O) groups excluding carboxylic acids is 2. The number of nitrogens with zero attached hydrogens (tertiary/aromatic N) is 5. The molecule has 224 valence electrons. The van der Waals surface area contributed by atoms with Crippen LogP contribution in [0.3, 0.4) is 0 Å². The maximum Gasteiger partial charge on any atom is 0.414 e. The van der Waals surface area contributed by atoms with E-state index in [4.69, 9.17) is 14.2 Å². The molecule has 1 aliphatic heterocycles. The van der Waals surface area contributed by atoms with Crippen LogP contribution in [0, 0.1) is 17.8 Å². The van der Waals surface area contributed by atoms with Crippen LogP contribution in [0.1, 0.15) is 50.6 Å². The highest BCUT2D eigenvalue weighted by Crippen LogP contribution is 2.53. The Hall–Kier alpha value is -3.97. The minimum absolute atomic E-state index is 0.0694. The van der Waals surface area contributed by atoms with E-state index in [0.717, 1.165) is 6.42 Å². The molecule has 3 fully saturated rings. The van der Waals surface area contributed by atoms with Crippen molar-refractivity contribution in [1.29, 1.82) is 0 Å². The Balaban J connectivity index is 1.36. The Morgan fingerprint density at radius 1 is 1.21 bits per heavy atom. The van der Waals surface area contributed by atoms with E-state index < -0.39 is 11.7 Å². The number of hydrogen-bond acceptors (Lipinski definition) is 9. The van der Waals surface area contributed by atoms with E-state index in [-0.39, 0.29) is 52.7 Å². The molecular formula is C29H37N7O6. The Kier molecular flexibility index (Phi) is 6.97. The lowest BCUT2D eigenvalue weighted by Crippen LogP contribution is -2.57. The van der Waals surface area contributed by atoms with Gasteiger partial charge < -0.3 is 29.4 Å². The van der Waals surface area contributed by atoms with Gasteiger partial charge in [0.15, 0.2) is 17.2 Å². The molecule has 42 heavy (non-hydrogen) atoms. The number of fused-ring (bicyclic) bond motifs is 2. The van der Waals surface area contributed by atoms with Gasteiger partial charge >= 0.3 is 6.09 Å². The van der Waals surface area contributed by atoms with Gasteiger partial charge in [0.2, 0.25) is 0 Å². The zero-order valence-electron chi connectivity index (χ0n) is 24.7. The molecule has 6 atom stereocenters. The fraction of sp³-hybridized carbons (Fsp3) is 0.552. The predicted octanol–water partition coefficient (Wildman–Crippen LogP) is 2.98. The zero-order chi connectivity index (χ0) is 29.9. The summed E-state index contributed by atoms with van der Waals surface area (Å²) in [7, 11) is 3.19. The van der Waals surface area contributed by atoms with Crippen molar-refractivity contribution in [2.75, 3.05) is 37.6 Å². The molecule has 2 saturated carbocycles. The van der Waals surface area contributed by atoms with Gasteiger partial charge in [-0.25, -0.2) is 14.3 Å². The quantitative estimate of drug-likeness (QED) is 0.432. The van der Waals surface area contributed by atoms with Crippen molar-refractivity contribution in [2.24, 2.45) is 17.8 Å². The van der Waals surface area contributed by atoms with Gasteiger partial charge in [0, 0.05) is 44.3 Å². The number of methoxy groups -OCH3 is 1. The van der Waals surface area contributed by atoms with Gasteiger partial charge in [0.1, 0.15) is 11.3 Å². The van der Waals surface area contributed by atoms with Gasteiger partial charge in [-0.2, -0.15) is 0 Å². The lowest BCUT2D eigenvalue weighted by atomic mass is 9.78. The Labute approximate surface area is 243 Å². The highest BCUT2D eigenvalue weighted by Gasteiger charge is 2.55. The van der Waals surface area contributed by atoms with Crippen LogP contribution in [-0.2, 0) is 14.2 Å². The number of imidazole rings is 1. The number of carbonyl (C=O) groups is 2. The van der Waals surface area contributed by atoms with Crippen molar-refractivity contribution in [1.82, 2.24) is 24.5 Å². The van der Waals surface area contributed by atoms with E-state index in [1.165, 1.54) is 15.6 Å². The molecule has 3 aliphatic rings. The molecule has 2 aliphatic carbocycles. The summed E-state index contributed by atoms with van der Waals surface area (Å²) in [4.78, 5) is 45.7. The molecule has 0 bridgehead atoms. The lowest BCUT2D eigenvalue weighted by molar-refractivity contribution is -0.0278. The molecule has 2 amide bonds. The maximum atomic E-state index is 13.5. The maximum absolute atomic E-state index is 13.5. The van der Waals surface area contributed by atoms with Crippen molar-refractivity contribution in [3.63, 3.8) is 0 Å². The molecule has 0 radical (unpaired) electrons. The third-order valence-corrected chi connectivity index (χ3v) is 8.39. The van der Waals surface area contributed by atoms with Crippen LogP contribution < -0.4 is 21.1 Å². The topological polar surface area (TPSA) is 141 Å². The van der Waals surface area contributed by atoms with E-state index >= 15 is 0 Å². The first-order chi connectivity index (χ1) is 20.0. The van der Waals surface area contributed by atoms with Crippen LogP contribution in [0.25, 0.3) is 5.65 Å². The molecule has 2 N–H and O–H groups in total. The highest BCUT2D eigenvalue weighted by atomic mass is 16.6. The number of ether oxygens (including phenoxy) is 3. The van der Waals surface area contributed by atoms with Crippen LogP contribution in [-0.4, -0.2) is 76.3 Å². The van der Waals surface area contributed by atoms with Crippen LogP contribution >= 0.6 is 0 Å². The van der Waals surface area contributed by atoms with Crippen molar-refractivity contribution >= 4 is 34.8 Å². The number of rotatable bonds is 7. The molecule has 0 aromatic carbocycles. The molecule has 3 aromatic heterocycles. The number of pyridine rings is 1. The van der Waals surface area contributed by atoms with Crippen LogP contribution in [0.2, 0.25) is 0 Å². The van der Waals surface area contributed by atoms with Crippen LogP contribution in [0.4, 0.5) is 22.0 Å². The summed E-state index contributed by atoms with van der Waals surface area (Å²) >= 11 is 0. The first-order valence-electron chi connectivity index (χ1n) is 14.2. The fourth-order valence-corrected chi connectivity index (χ4v) is 5.98. The summed E-state index contributed by atoms with van der Waals surface area (Å²) in [5.41, 5.74) is 0.206. The van der Waals surface area contributed by atoms with Crippen molar-refractivity contribution < 1.29 is 23.8 Å². The fourth-order valence-electron chi connectivity index (χ4n) is 5.98. The van der Waals surface area contributed by atoms with Crippen molar-refractivity contribution in [3.05, 3.63) is 46.6 Å². The standard InChI is InChI=1S/C29H37N7O6/c1-15-10-21(40-6)23(15)32-26(37)20-12-30-25-19(34(5)28(39)42-29(2,3)4)11-22(33-36(20)25)31-18-8-7-9-35(27(18)38)24-16-13-41-14-17(16)24/h7-9,11-12,15-17,21,23-24H,10,13-14H2,1-6H3,(H,31,33)(H,32,37)/t15-,16-,17+,21-,23?,24+/m0/s1. The first-order valence-corrected chi connectivity index (χ1v) is 14.2. The molecule has 6 rings (SSSR count). The molecule has 13 nitrogen and oxygen atoms in total. The van der Waals surface area contributed by atoms with Gasteiger partial charge in [-0.1, -0.05) is 6.92 Å². The van der Waals surface area contributed by atoms with E-state index in [2.05, 4.69) is 27.6 Å². The van der Waals surface area contributed by atoms with E-state index in [1.807, 2.05) is 6.07 Å². The molecular weight excluding hydrogens is 542 g/mol. The minimum atomic E-state index is -0.727. The molecule has 0 spiro atoms. The van der Waals surface area contributed by atoms with Crippen molar-refractivity contribution in [3.8, 4) is 0 Å². The van der Waals surface area contributed by atoms with Gasteiger partial charge in [-0.05, 0) is 45.2 Å². The number of hydrogen-bond donors (Lipinski definition) is 2. The minimum Gasteiger partial charge on any atom is -0.443 e. The van der Waals surface area contributed by atoms with E-state index in [0.29, 0.717) is 36.4 Å². The number of nitrogens with one attached hydrogen (secondary N) is 2. The third-order valence-electron chi connectivity index (χ3n) is 8.39. The summed E-state index contributed by atoms with van der Waals surface area (Å²) in [5, 5.41) is 10.8. The Morgan fingerprint density at radius 3 is 2.62 bits per heavy atom. The highest BCUT2D eigenvalue weighted by molar-refractivity contribution is 5.96. The first kappa shape index (κ1) is 28.2. The smallest absolute Gasteiger partial charge is 0.414 e. The third kappa shape index (κ3) is 5.00. The second-order valence-corrected chi connectivity index (χ2v) is 12.4. The average Bonchev–Trinajstić information content (AvgIpc) is 3.25. The monoisotopic (exact) mass is 579 g/mol. The van der Waals surface area contributed by atoms with Crippen LogP contribution in [0.15, 0.2) is 35.4 Å². The van der Waals surface area contributed by atoms with Crippen molar-refractivity contribution in [2.45, 2.75) is 57.9 Å². The van der Waals surface area contributed by atoms with Gasteiger partial charge in [-0.15, -0.1) is 5.10 Å². The average molecular weight is 580 g/mol. The SMILES string of the molecule is CO[C@H]1C[C@H](C)C1NC(=O)c1cnc2c(N(C)C(=O)OC(C)(C)C)cc(Nc3cccn([C@H]4[C@@H]5COC[C@@H]54)c3=O)nn12. The van der Waals surface area contributed by atoms with Gasteiger partial charge in [0.05, 0.1) is 37.2 Å². The predicted molar refractivity (Wildman–Crippen MR) is 154 cm³/mol. The van der Waals surface area contributed by atoms with Crippen LogP contribution in [0.5, 0.6) is 0 Å². The summed E-state index contributed by atoms with van der Waals surface area (Å²) in [6.45, 7) is 8.71. The normalized spacial score (nSPS) is 26.3. The molecule has 1 unspecified atom stereocenters. The molecule has 13 heteroatoms. The number of anilines is 3. The number of amides is 2. The Bertz CT molecular complexity index is 1580. The van der Waals surface area contributed by atoms with E-state index in [9.17, 15) is 14.4 Å². The lowest BCUT2D eigenvalue weighted by Gasteiger charge is -2.42. The molecule has 3 aromatic rings.